The molecule has 1 amide bonds. The fourth-order valence-corrected chi connectivity index (χ4v) is 1.04. The zero-order valence-electron chi connectivity index (χ0n) is 8.00. The van der Waals surface area contributed by atoms with E-state index in [0.29, 0.717) is 0 Å². The summed E-state index contributed by atoms with van der Waals surface area (Å²) in [5.41, 5.74) is 6.87. The van der Waals surface area contributed by atoms with Gasteiger partial charge in [-0.1, -0.05) is 18.1 Å². The smallest absolute Gasteiger partial charge is 0.293 e. The molecule has 0 saturated heterocycles. The quantitative estimate of drug-likeness (QED) is 0.653. The molecule has 1 aromatic carbocycles. The summed E-state index contributed by atoms with van der Waals surface area (Å²) in [5, 5.41) is 3.04. The number of nitrogens with two attached hydrogens (primary N) is 1. The summed E-state index contributed by atoms with van der Waals surface area (Å²) in [4.78, 5) is 10.4. The topological polar surface area (TPSA) is 55.1 Å². The molecule has 0 unspecified atom stereocenters. The van der Waals surface area contributed by atoms with Crippen LogP contribution in [0.2, 0.25) is 0 Å². The number of amides is 1. The van der Waals surface area contributed by atoms with Crippen LogP contribution in [0, 0.1) is 11.8 Å². The molecule has 0 atom stereocenters. The van der Waals surface area contributed by atoms with E-state index in [2.05, 4.69) is 17.2 Å². The van der Waals surface area contributed by atoms with Crippen LogP contribution < -0.4 is 11.1 Å². The molecule has 14 heavy (non-hydrogen) atoms. The van der Waals surface area contributed by atoms with Crippen molar-refractivity contribution in [1.29, 1.82) is 0 Å². The Morgan fingerprint density at radius 2 is 2.07 bits per heavy atom. The predicted molar refractivity (Wildman–Crippen MR) is 55.3 cm³/mol. The molecule has 0 spiro atoms. The van der Waals surface area contributed by atoms with Crippen molar-refractivity contribution in [2.24, 2.45) is 5.73 Å². The predicted octanol–water partition coefficient (Wildman–Crippen LogP) is 0.243. The number of rotatable bonds is 2. The average molecular weight is 188 g/mol. The van der Waals surface area contributed by atoms with Gasteiger partial charge in [0.25, 0.3) is 5.91 Å². The highest BCUT2D eigenvalue weighted by Crippen LogP contribution is 2.02. The van der Waals surface area contributed by atoms with Crippen LogP contribution in [0.15, 0.2) is 24.3 Å². The Morgan fingerprint density at radius 3 is 2.57 bits per heavy atom. The Bertz CT molecular complexity index is 371. The van der Waals surface area contributed by atoms with E-state index in [-0.39, 0.29) is 0 Å². The normalized spacial score (nSPS) is 8.93. The first-order valence-corrected chi connectivity index (χ1v) is 4.27. The summed E-state index contributed by atoms with van der Waals surface area (Å²) in [7, 11) is 1.89. The molecular formula is C11H12N2O. The molecule has 3 heteroatoms. The summed E-state index contributed by atoms with van der Waals surface area (Å²) < 4.78 is 0. The highest BCUT2D eigenvalue weighted by molar-refractivity contribution is 5.92. The van der Waals surface area contributed by atoms with Gasteiger partial charge in [0, 0.05) is 12.1 Å². The number of nitrogens with one attached hydrogen (secondary N) is 1. The summed E-state index contributed by atoms with van der Waals surface area (Å²) in [6.07, 6.45) is 0. The van der Waals surface area contributed by atoms with Gasteiger partial charge in [0.1, 0.15) is 0 Å². The Kier molecular flexibility index (Phi) is 3.71. The first-order chi connectivity index (χ1) is 6.72. The minimum atomic E-state index is -0.607. The number of hydrogen-bond acceptors (Lipinski definition) is 2. The van der Waals surface area contributed by atoms with Crippen LogP contribution in [-0.2, 0) is 11.3 Å². The van der Waals surface area contributed by atoms with Crippen molar-refractivity contribution < 1.29 is 4.79 Å². The lowest BCUT2D eigenvalue weighted by Crippen LogP contribution is -2.06. The van der Waals surface area contributed by atoms with Crippen molar-refractivity contribution in [2.75, 3.05) is 7.05 Å². The maximum absolute atomic E-state index is 10.4. The lowest BCUT2D eigenvalue weighted by molar-refractivity contribution is -0.112. The zero-order valence-corrected chi connectivity index (χ0v) is 8.00. The van der Waals surface area contributed by atoms with Gasteiger partial charge in [-0.3, -0.25) is 4.79 Å². The van der Waals surface area contributed by atoms with Crippen molar-refractivity contribution in [2.45, 2.75) is 6.54 Å². The van der Waals surface area contributed by atoms with Gasteiger partial charge >= 0.3 is 0 Å². The number of primary amides is 1. The van der Waals surface area contributed by atoms with E-state index in [0.717, 1.165) is 12.1 Å². The third-order valence-corrected chi connectivity index (χ3v) is 1.66. The van der Waals surface area contributed by atoms with Crippen molar-refractivity contribution >= 4 is 5.91 Å². The Morgan fingerprint density at radius 1 is 1.43 bits per heavy atom. The highest BCUT2D eigenvalue weighted by Gasteiger charge is 1.90. The second kappa shape index (κ2) is 5.05. The Hall–Kier alpha value is -1.79. The fourth-order valence-electron chi connectivity index (χ4n) is 1.04. The lowest BCUT2D eigenvalue weighted by Gasteiger charge is -1.98. The van der Waals surface area contributed by atoms with Crippen molar-refractivity contribution in [3.63, 3.8) is 0 Å². The SMILES string of the molecule is CNCc1ccc(C#CC(N)=O)cc1. The van der Waals surface area contributed by atoms with Gasteiger partial charge in [0.2, 0.25) is 0 Å². The third-order valence-electron chi connectivity index (χ3n) is 1.66. The number of carbonyl (C=O) groups is 1. The number of carbonyl (C=O) groups excluding carboxylic acids is 1. The largest absolute Gasteiger partial charge is 0.359 e. The lowest BCUT2D eigenvalue weighted by atomic mass is 10.1. The minimum absolute atomic E-state index is 0.607. The van der Waals surface area contributed by atoms with Gasteiger partial charge in [-0.2, -0.15) is 0 Å². The summed E-state index contributed by atoms with van der Waals surface area (Å²) in [5.74, 6) is 4.35. The minimum Gasteiger partial charge on any atom is -0.359 e. The molecule has 0 aromatic heterocycles. The summed E-state index contributed by atoms with van der Waals surface area (Å²) >= 11 is 0. The van der Waals surface area contributed by atoms with Gasteiger partial charge < -0.3 is 11.1 Å². The molecule has 0 radical (unpaired) electrons. The molecule has 72 valence electrons. The van der Waals surface area contributed by atoms with Crippen LogP contribution in [0.1, 0.15) is 11.1 Å². The summed E-state index contributed by atoms with van der Waals surface area (Å²) in [6.45, 7) is 0.823. The first kappa shape index (κ1) is 10.3. The zero-order chi connectivity index (χ0) is 10.4. The van der Waals surface area contributed by atoms with E-state index < -0.39 is 5.91 Å². The third kappa shape index (κ3) is 3.30. The molecule has 0 fully saturated rings. The van der Waals surface area contributed by atoms with E-state index >= 15 is 0 Å². The van der Waals surface area contributed by atoms with E-state index in [1.165, 1.54) is 5.56 Å². The molecule has 3 nitrogen and oxygen atoms in total. The molecule has 0 heterocycles. The standard InChI is InChI=1S/C11H12N2O/c1-13-8-10-4-2-9(3-5-10)6-7-11(12)14/h2-5,13H,8H2,1H3,(H2,12,14). The molecular weight excluding hydrogens is 176 g/mol. The molecule has 3 N–H and O–H groups in total. The monoisotopic (exact) mass is 188 g/mol. The molecule has 1 rings (SSSR count). The van der Waals surface area contributed by atoms with Gasteiger partial charge in [-0.25, -0.2) is 0 Å². The van der Waals surface area contributed by atoms with Gasteiger partial charge in [0.05, 0.1) is 0 Å². The first-order valence-electron chi connectivity index (χ1n) is 4.27. The van der Waals surface area contributed by atoms with Gasteiger partial charge in [-0.15, -0.1) is 0 Å². The number of hydrogen-bond donors (Lipinski definition) is 2. The molecule has 0 aliphatic rings. The van der Waals surface area contributed by atoms with Crippen LogP contribution in [-0.4, -0.2) is 13.0 Å². The Labute approximate surface area is 83.3 Å². The number of benzene rings is 1. The van der Waals surface area contributed by atoms with Crippen LogP contribution in [0.5, 0.6) is 0 Å². The van der Waals surface area contributed by atoms with E-state index in [1.807, 2.05) is 31.3 Å². The summed E-state index contributed by atoms with van der Waals surface area (Å²) in [6, 6.07) is 7.65. The van der Waals surface area contributed by atoms with Gasteiger partial charge in [-0.05, 0) is 30.7 Å². The van der Waals surface area contributed by atoms with Crippen LogP contribution >= 0.6 is 0 Å². The second-order valence-electron chi connectivity index (χ2n) is 2.84. The average Bonchev–Trinajstić information content (AvgIpc) is 2.17. The second-order valence-corrected chi connectivity index (χ2v) is 2.84. The molecule has 0 bridgehead atoms. The molecule has 1 aromatic rings. The van der Waals surface area contributed by atoms with Crippen molar-refractivity contribution in [1.82, 2.24) is 5.32 Å². The van der Waals surface area contributed by atoms with Crippen molar-refractivity contribution in [3.8, 4) is 11.8 Å². The maximum atomic E-state index is 10.4. The maximum Gasteiger partial charge on any atom is 0.293 e. The van der Waals surface area contributed by atoms with Crippen LogP contribution in [0.3, 0.4) is 0 Å². The van der Waals surface area contributed by atoms with Crippen LogP contribution in [0.25, 0.3) is 0 Å². The molecule has 0 aliphatic carbocycles. The van der Waals surface area contributed by atoms with E-state index in [4.69, 9.17) is 5.73 Å². The van der Waals surface area contributed by atoms with Gasteiger partial charge in [0.15, 0.2) is 0 Å². The van der Waals surface area contributed by atoms with E-state index in [9.17, 15) is 4.79 Å². The molecule has 0 aliphatic heterocycles. The highest BCUT2D eigenvalue weighted by atomic mass is 16.1. The fraction of sp³-hybridized carbons (Fsp3) is 0.182. The van der Waals surface area contributed by atoms with E-state index in [1.54, 1.807) is 0 Å². The Balaban J connectivity index is 2.75. The molecule has 0 saturated carbocycles. The van der Waals surface area contributed by atoms with Crippen LogP contribution in [0.4, 0.5) is 0 Å². The van der Waals surface area contributed by atoms with Crippen molar-refractivity contribution in [3.05, 3.63) is 35.4 Å².